The number of methoxy groups -OCH3 is 1. The third kappa shape index (κ3) is 7.58. The van der Waals surface area contributed by atoms with Gasteiger partial charge in [-0.25, -0.2) is 4.79 Å². The first-order valence-electron chi connectivity index (χ1n) is 9.57. The number of carbonyl (C=O) groups is 3. The summed E-state index contributed by atoms with van der Waals surface area (Å²) in [6.07, 6.45) is -0.830. The van der Waals surface area contributed by atoms with Gasteiger partial charge in [0.1, 0.15) is 11.9 Å². The van der Waals surface area contributed by atoms with Crippen LogP contribution in [0, 0.1) is 0 Å². The van der Waals surface area contributed by atoms with Gasteiger partial charge in [0.15, 0.2) is 6.10 Å². The van der Waals surface area contributed by atoms with Crippen molar-refractivity contribution in [3.8, 4) is 5.75 Å². The summed E-state index contributed by atoms with van der Waals surface area (Å²) in [5.74, 6) is -1.32. The van der Waals surface area contributed by atoms with Crippen LogP contribution in [0.3, 0.4) is 0 Å². The van der Waals surface area contributed by atoms with Crippen molar-refractivity contribution in [2.75, 3.05) is 19.0 Å². The Morgan fingerprint density at radius 2 is 2.03 bits per heavy atom. The minimum absolute atomic E-state index is 0. The summed E-state index contributed by atoms with van der Waals surface area (Å²) in [5.41, 5.74) is 0.788. The van der Waals surface area contributed by atoms with E-state index in [1.807, 2.05) is 0 Å². The van der Waals surface area contributed by atoms with Crippen LogP contribution in [0.4, 0.5) is 5.69 Å². The normalized spacial score (nSPS) is 19.7. The zero-order valence-corrected chi connectivity index (χ0v) is 19.9. The molecule has 1 aromatic carbocycles. The van der Waals surface area contributed by atoms with Crippen molar-refractivity contribution in [1.29, 1.82) is 0 Å². The number of anilines is 1. The second-order valence-electron chi connectivity index (χ2n) is 6.71. The minimum atomic E-state index is -0.992. The maximum atomic E-state index is 12.1. The van der Waals surface area contributed by atoms with Crippen LogP contribution in [0.2, 0.25) is 0 Å². The average molecular weight is 694 g/mol. The number of amides is 2. The topological polar surface area (TPSA) is 149 Å². The first-order valence-corrected chi connectivity index (χ1v) is 9.57. The molecule has 0 aliphatic carbocycles. The van der Waals surface area contributed by atoms with Gasteiger partial charge in [0, 0.05) is 26.2 Å². The van der Waals surface area contributed by atoms with Crippen LogP contribution < -0.4 is 15.4 Å². The summed E-state index contributed by atoms with van der Waals surface area (Å²) in [6.45, 7) is 1.10. The second-order valence-corrected chi connectivity index (χ2v) is 6.71. The molecule has 0 unspecified atom stereocenters. The summed E-state index contributed by atoms with van der Waals surface area (Å²) in [7, 11) is 1.22. The minimum Gasteiger partial charge on any atom is -0.529 e. The summed E-state index contributed by atoms with van der Waals surface area (Å²) < 4.78 is 21.4. The average Bonchev–Trinajstić information content (AvgIpc) is 2.73. The molecule has 0 aromatic heterocycles. The molecule has 1 fully saturated rings. The van der Waals surface area contributed by atoms with Crippen LogP contribution in [0.1, 0.15) is 31.7 Å². The molecule has 3 N–H and O–H groups in total. The molecule has 0 bridgehead atoms. The number of aliphatic hydroxyl groups excluding tert-OH is 1. The monoisotopic (exact) mass is 694 g/mol. The number of benzene rings is 1. The maximum Gasteiger partial charge on any atom is 0.335 e. The molecular formula is C20H25FmN2O9-. The van der Waals surface area contributed by atoms with E-state index < -0.39 is 36.3 Å². The van der Waals surface area contributed by atoms with Crippen molar-refractivity contribution in [3.05, 3.63) is 23.8 Å². The maximum absolute atomic E-state index is 12.1. The van der Waals surface area contributed by atoms with E-state index in [-0.39, 0.29) is 43.9 Å². The van der Waals surface area contributed by atoms with E-state index in [1.54, 1.807) is 6.07 Å². The largest absolute Gasteiger partial charge is 0.529 e. The number of aliphatic hydroxyl groups is 1. The first kappa shape index (κ1) is 25.9. The smallest absolute Gasteiger partial charge is 0.335 e. The van der Waals surface area contributed by atoms with E-state index in [2.05, 4.69) is 10.6 Å². The van der Waals surface area contributed by atoms with E-state index in [0.717, 1.165) is 0 Å². The number of esters is 2. The van der Waals surface area contributed by atoms with Crippen LogP contribution in [-0.4, -0.2) is 61.5 Å². The number of rotatable bonds is 10. The van der Waals surface area contributed by atoms with Crippen molar-refractivity contribution in [3.63, 3.8) is 0 Å². The van der Waals surface area contributed by atoms with Gasteiger partial charge in [-0.3, -0.25) is 9.59 Å². The van der Waals surface area contributed by atoms with E-state index in [1.165, 1.54) is 32.6 Å². The predicted octanol–water partition coefficient (Wildman–Crippen LogP) is 0.153. The Kier molecular flexibility index (Phi) is 10.1. The van der Waals surface area contributed by atoms with Crippen LogP contribution in [0.5, 0.6) is 5.75 Å². The predicted molar refractivity (Wildman–Crippen MR) is 105 cm³/mol. The van der Waals surface area contributed by atoms with Crippen molar-refractivity contribution >= 4 is 29.9 Å². The number of hydrogen-bond donors (Lipinski definition) is 3. The molecule has 11 nitrogen and oxygen atoms in total. The summed E-state index contributed by atoms with van der Waals surface area (Å²) in [5, 5.41) is 14.3. The molecule has 3 atom stereocenters. The molecule has 1 aliphatic heterocycles. The van der Waals surface area contributed by atoms with Gasteiger partial charge in [-0.05, 0) is 24.2 Å². The fourth-order valence-electron chi connectivity index (χ4n) is 2.99. The summed E-state index contributed by atoms with van der Waals surface area (Å²) in [6, 6.07) is 4.65. The van der Waals surface area contributed by atoms with Gasteiger partial charge in [0.25, 0.3) is 0 Å². The van der Waals surface area contributed by atoms with Gasteiger partial charge in [-0.15, -0.1) is 0 Å². The quantitative estimate of drug-likeness (QED) is 0.135. The Morgan fingerprint density at radius 3 is 2.66 bits per heavy atom. The fourth-order valence-corrected chi connectivity index (χ4v) is 2.99. The van der Waals surface area contributed by atoms with Crippen LogP contribution >= 0.6 is 0 Å². The second kappa shape index (κ2) is 12.5. The summed E-state index contributed by atoms with van der Waals surface area (Å²) >= 11 is 0. The Labute approximate surface area is 179 Å². The molecule has 0 radical (unpaired) electrons. The summed E-state index contributed by atoms with van der Waals surface area (Å²) in [4.78, 5) is 45.6. The molecule has 0 saturated carbocycles. The van der Waals surface area contributed by atoms with Crippen molar-refractivity contribution < 1.29 is 43.2 Å². The molecule has 1 aliphatic rings. The zero-order valence-electron chi connectivity index (χ0n) is 17.5. The Morgan fingerprint density at radius 1 is 1.28 bits per heavy atom. The first-order chi connectivity index (χ1) is 14.9. The van der Waals surface area contributed by atoms with Crippen LogP contribution in [0.15, 0.2) is 18.2 Å². The van der Waals surface area contributed by atoms with Gasteiger partial charge in [0.05, 0.1) is 19.4 Å². The molecule has 182 valence electrons. The van der Waals surface area contributed by atoms with Gasteiger partial charge >= 0.3 is 11.9 Å². The van der Waals surface area contributed by atoms with Crippen LogP contribution in [-0.2, 0) is 40.0 Å². The SMILES string of the molecule is COC(=O)[C@@H]1C[C@H](OC(C)=O)C[C@H](Oc2ccc(CO)cc2NC(=O)CCN[C-]=O)O1.[Fm]. The molecule has 32 heavy (non-hydrogen) atoms. The van der Waals surface area contributed by atoms with Crippen molar-refractivity contribution in [2.45, 2.75) is 51.3 Å². The molecule has 12 heteroatoms. The van der Waals surface area contributed by atoms with E-state index in [0.29, 0.717) is 5.56 Å². The van der Waals surface area contributed by atoms with E-state index >= 15 is 0 Å². The molecular weight excluding hydrogens is 669 g/mol. The third-order valence-electron chi connectivity index (χ3n) is 4.35. The zero-order chi connectivity index (χ0) is 22.8. The van der Waals surface area contributed by atoms with E-state index in [9.17, 15) is 24.3 Å². The van der Waals surface area contributed by atoms with Crippen molar-refractivity contribution in [2.24, 2.45) is 0 Å². The van der Waals surface area contributed by atoms with Crippen LogP contribution in [0.25, 0.3) is 0 Å². The van der Waals surface area contributed by atoms with Gasteiger partial charge in [-0.2, -0.15) is 6.41 Å². The van der Waals surface area contributed by atoms with E-state index in [4.69, 9.17) is 18.9 Å². The number of ether oxygens (including phenoxy) is 4. The third-order valence-corrected chi connectivity index (χ3v) is 4.35. The molecule has 1 aromatic rings. The Bertz CT molecular complexity index is 805. The Hall–Kier alpha value is -4.18. The number of carbonyl (C=O) groups excluding carboxylic acids is 4. The van der Waals surface area contributed by atoms with Gasteiger partial charge < -0.3 is 39.5 Å². The molecule has 1 heterocycles. The number of nitrogens with one attached hydrogen (secondary N) is 2. The molecule has 1 saturated heterocycles. The number of hydrogen-bond acceptors (Lipinski definition) is 9. The fraction of sp³-hybridized carbons (Fsp3) is 0.500. The molecule has 0 spiro atoms. The Balaban J connectivity index is 0.00000512. The molecule has 2 rings (SSSR count). The van der Waals surface area contributed by atoms with Crippen molar-refractivity contribution in [1.82, 2.24) is 5.32 Å². The van der Waals surface area contributed by atoms with Gasteiger partial charge in [-0.1, -0.05) is 6.07 Å². The molecule has 2 amide bonds. The standard InChI is InChI=1S/C20H25N2O9.Fm/c1-12(25)29-14-8-17(20(27)28-2)31-19(9-14)30-16-4-3-13(10-23)7-15(16)22-18(26)5-6-21-11-24;/h3-4,7,14,17,19,23H,5-6,8-10H2,1-2H3,(H,21,24)(H,22,26);/q-1;/t14-,17-,19+;/m0./s1. The van der Waals surface area contributed by atoms with Gasteiger partial charge in [0.2, 0.25) is 12.2 Å².